The van der Waals surface area contributed by atoms with Gasteiger partial charge in [0, 0.05) is 49.5 Å². The highest BCUT2D eigenvalue weighted by Gasteiger charge is 2.00. The first kappa shape index (κ1) is 11.8. The minimum absolute atomic E-state index is 0.761. The average Bonchev–Trinajstić information content (AvgIpc) is 2.79. The van der Waals surface area contributed by atoms with Gasteiger partial charge in [-0.25, -0.2) is 9.50 Å². The minimum Gasteiger partial charge on any atom is -0.308 e. The molecule has 0 saturated heterocycles. The summed E-state index contributed by atoms with van der Waals surface area (Å²) in [5, 5.41) is 7.72. The highest BCUT2D eigenvalue weighted by atomic mass is 15.2. The Kier molecular flexibility index (Phi) is 3.20. The Bertz CT molecular complexity index is 675. The Hall–Kier alpha value is -2.27. The zero-order chi connectivity index (χ0) is 13.1. The van der Waals surface area contributed by atoms with E-state index >= 15 is 0 Å². The maximum atomic E-state index is 4.38. The van der Waals surface area contributed by atoms with Gasteiger partial charge in [-0.1, -0.05) is 6.07 Å². The molecule has 3 aromatic heterocycles. The second-order valence-electron chi connectivity index (χ2n) is 4.52. The molecule has 0 aliphatic heterocycles. The normalized spacial score (nSPS) is 11.0. The fraction of sp³-hybridized carbons (Fsp3) is 0.214. The number of nitrogens with one attached hydrogen (secondary N) is 1. The predicted molar refractivity (Wildman–Crippen MR) is 72.5 cm³/mol. The molecule has 0 atom stereocenters. The zero-order valence-corrected chi connectivity index (χ0v) is 10.7. The van der Waals surface area contributed by atoms with Crippen LogP contribution in [0.1, 0.15) is 16.8 Å². The van der Waals surface area contributed by atoms with E-state index in [2.05, 4.69) is 26.4 Å². The van der Waals surface area contributed by atoms with E-state index in [0.29, 0.717) is 0 Å². The van der Waals surface area contributed by atoms with Gasteiger partial charge in [0.15, 0.2) is 5.65 Å². The van der Waals surface area contributed by atoms with Crippen LogP contribution in [0.2, 0.25) is 0 Å². The van der Waals surface area contributed by atoms with Crippen LogP contribution in [0.3, 0.4) is 0 Å². The molecule has 0 radical (unpaired) electrons. The molecule has 19 heavy (non-hydrogen) atoms. The fourth-order valence-electron chi connectivity index (χ4n) is 1.98. The van der Waals surface area contributed by atoms with Crippen LogP contribution in [-0.2, 0) is 13.1 Å². The number of rotatable bonds is 4. The maximum absolute atomic E-state index is 4.38. The highest BCUT2D eigenvalue weighted by Crippen LogP contribution is 2.05. The maximum Gasteiger partial charge on any atom is 0.155 e. The summed E-state index contributed by atoms with van der Waals surface area (Å²) in [6.07, 6.45) is 7.53. The Morgan fingerprint density at radius 2 is 2.11 bits per heavy atom. The van der Waals surface area contributed by atoms with Crippen molar-refractivity contribution < 1.29 is 0 Å². The molecule has 0 spiro atoms. The SMILES string of the molecule is Cc1cc2ncc(CNCc3cccnc3)cn2n1. The van der Waals surface area contributed by atoms with Crippen molar-refractivity contribution in [2.75, 3.05) is 0 Å². The summed E-state index contributed by atoms with van der Waals surface area (Å²) in [5.74, 6) is 0. The molecule has 1 N–H and O–H groups in total. The molecule has 96 valence electrons. The number of hydrogen-bond acceptors (Lipinski definition) is 4. The van der Waals surface area contributed by atoms with Crippen LogP contribution in [0.15, 0.2) is 43.0 Å². The molecule has 0 aromatic carbocycles. The number of aromatic nitrogens is 4. The molecule has 5 heteroatoms. The lowest BCUT2D eigenvalue weighted by atomic mass is 10.2. The van der Waals surface area contributed by atoms with Gasteiger partial charge in [-0.3, -0.25) is 4.98 Å². The third-order valence-corrected chi connectivity index (χ3v) is 2.87. The number of fused-ring (bicyclic) bond motifs is 1. The lowest BCUT2D eigenvalue weighted by Crippen LogP contribution is -2.13. The average molecular weight is 253 g/mol. The molecule has 0 fully saturated rings. The van der Waals surface area contributed by atoms with Crippen molar-refractivity contribution in [3.63, 3.8) is 0 Å². The molecule has 3 heterocycles. The molecule has 0 aliphatic carbocycles. The molecule has 0 amide bonds. The number of pyridine rings is 1. The fourth-order valence-corrected chi connectivity index (χ4v) is 1.98. The van der Waals surface area contributed by atoms with E-state index in [4.69, 9.17) is 0 Å². The Labute approximate surface area is 111 Å². The van der Waals surface area contributed by atoms with E-state index in [1.165, 1.54) is 5.56 Å². The van der Waals surface area contributed by atoms with Gasteiger partial charge in [-0.05, 0) is 18.6 Å². The van der Waals surface area contributed by atoms with Crippen molar-refractivity contribution in [2.45, 2.75) is 20.0 Å². The first-order valence-electron chi connectivity index (χ1n) is 6.22. The number of hydrogen-bond donors (Lipinski definition) is 1. The quantitative estimate of drug-likeness (QED) is 0.769. The van der Waals surface area contributed by atoms with Gasteiger partial charge >= 0.3 is 0 Å². The van der Waals surface area contributed by atoms with E-state index in [0.717, 1.165) is 30.0 Å². The highest BCUT2D eigenvalue weighted by molar-refractivity contribution is 5.38. The summed E-state index contributed by atoms with van der Waals surface area (Å²) in [4.78, 5) is 8.46. The lowest BCUT2D eigenvalue weighted by Gasteiger charge is -2.04. The van der Waals surface area contributed by atoms with Gasteiger partial charge in [0.2, 0.25) is 0 Å². The molecule has 0 saturated carbocycles. The van der Waals surface area contributed by atoms with Crippen molar-refractivity contribution in [1.82, 2.24) is 24.9 Å². The van der Waals surface area contributed by atoms with Crippen molar-refractivity contribution in [3.05, 3.63) is 59.8 Å². The van der Waals surface area contributed by atoms with Gasteiger partial charge in [0.25, 0.3) is 0 Å². The van der Waals surface area contributed by atoms with Gasteiger partial charge in [-0.15, -0.1) is 0 Å². The minimum atomic E-state index is 0.761. The molecular weight excluding hydrogens is 238 g/mol. The summed E-state index contributed by atoms with van der Waals surface area (Å²) in [7, 11) is 0. The summed E-state index contributed by atoms with van der Waals surface area (Å²) in [6, 6.07) is 5.96. The monoisotopic (exact) mass is 253 g/mol. The molecule has 0 unspecified atom stereocenters. The molecule has 5 nitrogen and oxygen atoms in total. The largest absolute Gasteiger partial charge is 0.308 e. The van der Waals surface area contributed by atoms with Gasteiger partial charge in [0.05, 0.1) is 5.69 Å². The molecular formula is C14H15N5. The van der Waals surface area contributed by atoms with E-state index in [1.54, 1.807) is 6.20 Å². The Balaban J connectivity index is 1.65. The topological polar surface area (TPSA) is 55.1 Å². The summed E-state index contributed by atoms with van der Waals surface area (Å²) >= 11 is 0. The number of nitrogens with zero attached hydrogens (tertiary/aromatic N) is 4. The van der Waals surface area contributed by atoms with Crippen LogP contribution in [0.4, 0.5) is 0 Å². The van der Waals surface area contributed by atoms with Gasteiger partial charge in [0.1, 0.15) is 0 Å². The Morgan fingerprint density at radius 3 is 2.95 bits per heavy atom. The first-order valence-corrected chi connectivity index (χ1v) is 6.22. The van der Waals surface area contributed by atoms with Crippen molar-refractivity contribution >= 4 is 5.65 Å². The van der Waals surface area contributed by atoms with E-state index < -0.39 is 0 Å². The summed E-state index contributed by atoms with van der Waals surface area (Å²) < 4.78 is 1.82. The predicted octanol–water partition coefficient (Wildman–Crippen LogP) is 1.72. The van der Waals surface area contributed by atoms with E-state index in [9.17, 15) is 0 Å². The number of aryl methyl sites for hydroxylation is 1. The third-order valence-electron chi connectivity index (χ3n) is 2.87. The van der Waals surface area contributed by atoms with Crippen molar-refractivity contribution in [1.29, 1.82) is 0 Å². The summed E-state index contributed by atoms with van der Waals surface area (Å²) in [6.45, 7) is 3.52. The second-order valence-corrected chi connectivity index (χ2v) is 4.52. The standard InChI is InChI=1S/C14H15N5/c1-11-5-14-17-9-13(10-19(14)18-11)8-16-7-12-3-2-4-15-6-12/h2-6,9-10,16H,7-8H2,1H3. The molecule has 3 aromatic rings. The van der Waals surface area contributed by atoms with Crippen LogP contribution < -0.4 is 5.32 Å². The van der Waals surface area contributed by atoms with Gasteiger partial charge < -0.3 is 5.32 Å². The van der Waals surface area contributed by atoms with Crippen LogP contribution in [-0.4, -0.2) is 19.6 Å². The van der Waals surface area contributed by atoms with Crippen molar-refractivity contribution in [2.24, 2.45) is 0 Å². The molecule has 0 aliphatic rings. The Morgan fingerprint density at radius 1 is 1.21 bits per heavy atom. The van der Waals surface area contributed by atoms with Crippen molar-refractivity contribution in [3.8, 4) is 0 Å². The molecule has 0 bridgehead atoms. The van der Waals surface area contributed by atoms with Crippen LogP contribution in [0, 0.1) is 6.92 Å². The van der Waals surface area contributed by atoms with Crippen LogP contribution in [0.5, 0.6) is 0 Å². The van der Waals surface area contributed by atoms with E-state index in [1.807, 2.05) is 42.2 Å². The van der Waals surface area contributed by atoms with E-state index in [-0.39, 0.29) is 0 Å². The lowest BCUT2D eigenvalue weighted by molar-refractivity contribution is 0.684. The smallest absolute Gasteiger partial charge is 0.155 e. The third kappa shape index (κ3) is 2.77. The van der Waals surface area contributed by atoms with Crippen LogP contribution in [0.25, 0.3) is 5.65 Å². The van der Waals surface area contributed by atoms with Gasteiger partial charge in [-0.2, -0.15) is 5.10 Å². The second kappa shape index (κ2) is 5.16. The zero-order valence-electron chi connectivity index (χ0n) is 10.7. The summed E-state index contributed by atoms with van der Waals surface area (Å²) in [5.41, 5.74) is 4.15. The van der Waals surface area contributed by atoms with Crippen LogP contribution >= 0.6 is 0 Å². The first-order chi connectivity index (χ1) is 9.31. The molecule has 3 rings (SSSR count).